The Bertz CT molecular complexity index is 1060. The topological polar surface area (TPSA) is 46.9 Å². The van der Waals surface area contributed by atoms with Crippen LogP contribution in [0.2, 0.25) is 0 Å². The molecule has 1 N–H and O–H groups in total. The van der Waals surface area contributed by atoms with E-state index in [0.29, 0.717) is 11.6 Å². The number of fused-ring (bicyclic) bond motifs is 1. The number of carbonyl (C=O) groups is 1. The summed E-state index contributed by atoms with van der Waals surface area (Å²) in [7, 11) is 0. The molecule has 0 unspecified atom stereocenters. The predicted molar refractivity (Wildman–Crippen MR) is 103 cm³/mol. The fourth-order valence-corrected chi connectivity index (χ4v) is 4.14. The van der Waals surface area contributed by atoms with Crippen molar-refractivity contribution in [1.29, 1.82) is 0 Å². The molecule has 144 valence electrons. The van der Waals surface area contributed by atoms with E-state index >= 15 is 0 Å². The zero-order chi connectivity index (χ0) is 19.9. The van der Waals surface area contributed by atoms with Crippen molar-refractivity contribution in [3.8, 4) is 5.69 Å². The van der Waals surface area contributed by atoms with Crippen LogP contribution in [0.4, 0.5) is 19.0 Å². The molecule has 2 heterocycles. The smallest absolute Gasteiger partial charge is 0.306 e. The number of hydrogen-bond donors (Lipinski definition) is 1. The van der Waals surface area contributed by atoms with Gasteiger partial charge in [-0.25, -0.2) is 4.68 Å². The first-order valence-corrected chi connectivity index (χ1v) is 9.72. The van der Waals surface area contributed by atoms with Gasteiger partial charge in [0.15, 0.2) is 0 Å². The average Bonchev–Trinajstić information content (AvgIpc) is 3.24. The summed E-state index contributed by atoms with van der Waals surface area (Å²) >= 11 is 1.68. The number of carbonyl (C=O) groups excluding carboxylic acids is 1. The first-order valence-electron chi connectivity index (χ1n) is 8.57. The molecule has 3 aromatic rings. The third-order valence-corrected chi connectivity index (χ3v) is 5.45. The number of halogens is 3. The molecule has 0 bridgehead atoms. The molecule has 0 spiro atoms. The lowest BCUT2D eigenvalue weighted by atomic mass is 10.1. The van der Waals surface area contributed by atoms with E-state index in [4.69, 9.17) is 0 Å². The molecule has 0 radical (unpaired) electrons. The number of nitrogens with zero attached hydrogens (tertiary/aromatic N) is 2. The van der Waals surface area contributed by atoms with E-state index in [0.717, 1.165) is 40.4 Å². The highest BCUT2D eigenvalue weighted by Crippen LogP contribution is 2.36. The van der Waals surface area contributed by atoms with Gasteiger partial charge in [-0.1, -0.05) is 18.2 Å². The third kappa shape index (κ3) is 3.52. The Hall–Kier alpha value is -2.74. The van der Waals surface area contributed by atoms with Crippen LogP contribution in [-0.4, -0.2) is 15.7 Å². The molecule has 2 aromatic carbocycles. The molecule has 1 aromatic heterocycles. The highest BCUT2D eigenvalue weighted by atomic mass is 32.2. The number of rotatable bonds is 3. The van der Waals surface area contributed by atoms with E-state index in [1.54, 1.807) is 16.4 Å². The number of nitrogens with one attached hydrogen (secondary N) is 1. The summed E-state index contributed by atoms with van der Waals surface area (Å²) in [6.07, 6.45) is -4.50. The van der Waals surface area contributed by atoms with Gasteiger partial charge >= 0.3 is 6.18 Å². The number of alkyl halides is 3. The minimum absolute atomic E-state index is 0.0498. The fourth-order valence-electron chi connectivity index (χ4n) is 3.10. The molecule has 0 atom stereocenters. The molecular weight excluding hydrogens is 387 g/mol. The highest BCUT2D eigenvalue weighted by molar-refractivity contribution is 7.98. The molecular formula is C20H16F3N3OS. The number of hydrogen-bond acceptors (Lipinski definition) is 3. The molecule has 1 aliphatic rings. The van der Waals surface area contributed by atoms with Gasteiger partial charge in [0.1, 0.15) is 5.82 Å². The Morgan fingerprint density at radius 2 is 1.93 bits per heavy atom. The van der Waals surface area contributed by atoms with E-state index < -0.39 is 17.6 Å². The number of anilines is 1. The first-order chi connectivity index (χ1) is 13.3. The molecule has 1 aliphatic heterocycles. The molecule has 0 aliphatic carbocycles. The SMILES string of the molecule is Cc1cccc(-n2nc3c(c2NC(=O)c2cccc(C(F)(F)F)c2)CSC3)c1. The van der Waals surface area contributed by atoms with Gasteiger partial charge in [-0.15, -0.1) is 0 Å². The fraction of sp³-hybridized carbons (Fsp3) is 0.200. The predicted octanol–water partition coefficient (Wildman–Crippen LogP) is 5.20. The summed E-state index contributed by atoms with van der Waals surface area (Å²) in [4.78, 5) is 12.7. The van der Waals surface area contributed by atoms with Crippen LogP contribution in [-0.2, 0) is 17.7 Å². The van der Waals surface area contributed by atoms with Crippen LogP contribution < -0.4 is 5.32 Å². The van der Waals surface area contributed by atoms with Gasteiger partial charge in [0.05, 0.1) is 16.9 Å². The van der Waals surface area contributed by atoms with Crippen molar-refractivity contribution in [2.75, 3.05) is 5.32 Å². The maximum atomic E-state index is 13.0. The summed E-state index contributed by atoms with van der Waals surface area (Å²) in [5, 5.41) is 7.39. The maximum Gasteiger partial charge on any atom is 0.416 e. The van der Waals surface area contributed by atoms with E-state index in [1.165, 1.54) is 12.1 Å². The Kier molecular flexibility index (Phi) is 4.66. The second-order valence-corrected chi connectivity index (χ2v) is 7.54. The van der Waals surface area contributed by atoms with Gasteiger partial charge in [-0.05, 0) is 42.8 Å². The van der Waals surface area contributed by atoms with Crippen LogP contribution in [0, 0.1) is 6.92 Å². The van der Waals surface area contributed by atoms with Crippen molar-refractivity contribution in [3.63, 3.8) is 0 Å². The van der Waals surface area contributed by atoms with Gasteiger partial charge in [-0.2, -0.15) is 30.0 Å². The molecule has 8 heteroatoms. The Balaban J connectivity index is 1.71. The van der Waals surface area contributed by atoms with Crippen LogP contribution in [0.25, 0.3) is 5.69 Å². The molecule has 0 saturated heterocycles. The number of amides is 1. The lowest BCUT2D eigenvalue weighted by Crippen LogP contribution is -2.17. The summed E-state index contributed by atoms with van der Waals surface area (Å²) in [6, 6.07) is 12.1. The second kappa shape index (κ2) is 7.01. The lowest BCUT2D eigenvalue weighted by Gasteiger charge is -2.12. The van der Waals surface area contributed by atoms with Crippen molar-refractivity contribution < 1.29 is 18.0 Å². The third-order valence-electron chi connectivity index (χ3n) is 4.48. The first kappa shape index (κ1) is 18.6. The van der Waals surface area contributed by atoms with Crippen molar-refractivity contribution in [3.05, 3.63) is 76.5 Å². The largest absolute Gasteiger partial charge is 0.416 e. The normalized spacial score (nSPS) is 13.4. The molecule has 1 amide bonds. The van der Waals surface area contributed by atoms with Crippen molar-refractivity contribution in [2.45, 2.75) is 24.6 Å². The Morgan fingerprint density at radius 3 is 2.68 bits per heavy atom. The quantitative estimate of drug-likeness (QED) is 0.654. The zero-order valence-corrected chi connectivity index (χ0v) is 15.7. The van der Waals surface area contributed by atoms with E-state index in [1.807, 2.05) is 31.2 Å². The minimum atomic E-state index is -4.50. The van der Waals surface area contributed by atoms with Crippen LogP contribution in [0.3, 0.4) is 0 Å². The van der Waals surface area contributed by atoms with E-state index in [-0.39, 0.29) is 5.56 Å². The Morgan fingerprint density at radius 1 is 1.14 bits per heavy atom. The highest BCUT2D eigenvalue weighted by Gasteiger charge is 2.31. The molecule has 0 saturated carbocycles. The van der Waals surface area contributed by atoms with Crippen LogP contribution in [0.1, 0.15) is 32.7 Å². The van der Waals surface area contributed by atoms with Gasteiger partial charge < -0.3 is 5.32 Å². The number of benzene rings is 2. The van der Waals surface area contributed by atoms with Crippen molar-refractivity contribution in [2.24, 2.45) is 0 Å². The van der Waals surface area contributed by atoms with Gasteiger partial charge in [-0.3, -0.25) is 4.79 Å². The van der Waals surface area contributed by atoms with Gasteiger partial charge in [0.25, 0.3) is 5.91 Å². The molecule has 0 fully saturated rings. The Labute approximate surface area is 163 Å². The van der Waals surface area contributed by atoms with Gasteiger partial charge in [0.2, 0.25) is 0 Å². The summed E-state index contributed by atoms with van der Waals surface area (Å²) in [5.41, 5.74) is 2.72. The summed E-state index contributed by atoms with van der Waals surface area (Å²) < 4.78 is 40.5. The van der Waals surface area contributed by atoms with Crippen LogP contribution >= 0.6 is 11.8 Å². The minimum Gasteiger partial charge on any atom is -0.306 e. The standard InChI is InChI=1S/C20H16F3N3OS/c1-12-4-2-7-15(8-12)26-18(16-10-28-11-17(16)25-26)24-19(27)13-5-3-6-14(9-13)20(21,22)23/h2-9H,10-11H2,1H3,(H,24,27). The summed E-state index contributed by atoms with van der Waals surface area (Å²) in [5.74, 6) is 1.34. The molecule has 4 rings (SSSR count). The van der Waals surface area contributed by atoms with E-state index in [2.05, 4.69) is 10.4 Å². The second-order valence-electron chi connectivity index (χ2n) is 6.55. The van der Waals surface area contributed by atoms with Crippen molar-refractivity contribution >= 4 is 23.5 Å². The summed E-state index contributed by atoms with van der Waals surface area (Å²) in [6.45, 7) is 1.96. The number of thioether (sulfide) groups is 1. The monoisotopic (exact) mass is 403 g/mol. The lowest BCUT2D eigenvalue weighted by molar-refractivity contribution is -0.137. The molecule has 28 heavy (non-hydrogen) atoms. The number of aromatic nitrogens is 2. The van der Waals surface area contributed by atoms with Gasteiger partial charge in [0, 0.05) is 22.6 Å². The number of aryl methyl sites for hydroxylation is 1. The zero-order valence-electron chi connectivity index (χ0n) is 14.9. The van der Waals surface area contributed by atoms with E-state index in [9.17, 15) is 18.0 Å². The molecule has 4 nitrogen and oxygen atoms in total. The average molecular weight is 403 g/mol. The van der Waals surface area contributed by atoms with Crippen LogP contribution in [0.15, 0.2) is 48.5 Å². The maximum absolute atomic E-state index is 13.0. The van der Waals surface area contributed by atoms with Crippen molar-refractivity contribution in [1.82, 2.24) is 9.78 Å². The van der Waals surface area contributed by atoms with Crippen LogP contribution in [0.5, 0.6) is 0 Å².